The Labute approximate surface area is 465 Å². The number of furan rings is 1. The van der Waals surface area contributed by atoms with Gasteiger partial charge in [0.15, 0.2) is 0 Å². The van der Waals surface area contributed by atoms with Gasteiger partial charge in [0.2, 0.25) is 0 Å². The van der Waals surface area contributed by atoms with Crippen LogP contribution >= 0.6 is 0 Å². The van der Waals surface area contributed by atoms with Crippen molar-refractivity contribution >= 4 is 49.8 Å². The standard InChI is InChI=1S/C78H51NO/c1-6-23-52(24-7-1)53-41-43-54(44-42-53)67-51-68-75-73(39-22-40-74(75)80-76(68)66-36-17-16-33-61(66)67)79(59-45-47-64-62-34-18-20-37-69(62)77(71(64)49-59,55-25-8-2-9-26-55)56-27-10-3-11-28-56)60-46-48-65-63-35-19-21-38-70(63)78(72(65)50-60,57-29-12-4-13-30-57)58-31-14-5-15-32-58/h1-51H. The summed E-state index contributed by atoms with van der Waals surface area (Å²) in [7, 11) is 0. The maximum absolute atomic E-state index is 7.20. The Kier molecular flexibility index (Phi) is 10.4. The van der Waals surface area contributed by atoms with E-state index in [9.17, 15) is 0 Å². The first kappa shape index (κ1) is 45.9. The molecule has 0 N–H and O–H groups in total. The molecular formula is C78H51NO. The van der Waals surface area contributed by atoms with Crippen LogP contribution in [-0.4, -0.2) is 0 Å². The van der Waals surface area contributed by atoms with Gasteiger partial charge in [0.05, 0.1) is 21.9 Å². The van der Waals surface area contributed by atoms with Gasteiger partial charge in [-0.15, -0.1) is 0 Å². The third-order valence-corrected chi connectivity index (χ3v) is 17.4. The van der Waals surface area contributed by atoms with Crippen molar-refractivity contribution in [3.8, 4) is 44.5 Å². The van der Waals surface area contributed by atoms with Crippen LogP contribution in [0.25, 0.3) is 77.2 Å². The second-order valence-electron chi connectivity index (χ2n) is 21.4. The molecule has 16 rings (SSSR count). The Bertz CT molecular complexity index is 4420. The van der Waals surface area contributed by atoms with Crippen molar-refractivity contribution in [2.75, 3.05) is 4.90 Å². The first-order chi connectivity index (χ1) is 39.7. The Morgan fingerprint density at radius 3 is 1.19 bits per heavy atom. The van der Waals surface area contributed by atoms with Gasteiger partial charge < -0.3 is 9.32 Å². The van der Waals surface area contributed by atoms with Crippen molar-refractivity contribution in [2.45, 2.75) is 10.8 Å². The molecule has 2 aliphatic carbocycles. The number of benzene rings is 13. The molecule has 80 heavy (non-hydrogen) atoms. The van der Waals surface area contributed by atoms with Crippen molar-refractivity contribution in [3.63, 3.8) is 0 Å². The molecular weight excluding hydrogens is 967 g/mol. The lowest BCUT2D eigenvalue weighted by atomic mass is 9.67. The minimum absolute atomic E-state index is 0.607. The molecule has 0 fully saturated rings. The number of hydrogen-bond donors (Lipinski definition) is 0. The molecule has 0 aliphatic heterocycles. The van der Waals surface area contributed by atoms with Gasteiger partial charge in [-0.3, -0.25) is 0 Å². The van der Waals surface area contributed by atoms with Crippen LogP contribution in [0.1, 0.15) is 44.5 Å². The average Bonchev–Trinajstić information content (AvgIpc) is 4.28. The summed E-state index contributed by atoms with van der Waals surface area (Å²) in [6.45, 7) is 0. The summed E-state index contributed by atoms with van der Waals surface area (Å²) in [4.78, 5) is 2.52. The highest BCUT2D eigenvalue weighted by Crippen LogP contribution is 2.60. The summed E-state index contributed by atoms with van der Waals surface area (Å²) in [6, 6.07) is 114. The van der Waals surface area contributed by atoms with Crippen LogP contribution in [-0.2, 0) is 10.8 Å². The molecule has 2 aliphatic rings. The highest BCUT2D eigenvalue weighted by atomic mass is 16.3. The van der Waals surface area contributed by atoms with Gasteiger partial charge >= 0.3 is 0 Å². The van der Waals surface area contributed by atoms with Crippen LogP contribution in [0.4, 0.5) is 17.1 Å². The maximum Gasteiger partial charge on any atom is 0.143 e. The molecule has 0 bridgehead atoms. The Morgan fingerprint density at radius 2 is 0.675 bits per heavy atom. The topological polar surface area (TPSA) is 16.4 Å². The summed E-state index contributed by atoms with van der Waals surface area (Å²) in [5.74, 6) is 0. The van der Waals surface area contributed by atoms with Crippen LogP contribution in [0, 0.1) is 0 Å². The van der Waals surface area contributed by atoms with Crippen molar-refractivity contribution in [3.05, 3.63) is 354 Å². The molecule has 0 unspecified atom stereocenters. The number of rotatable bonds is 9. The zero-order chi connectivity index (χ0) is 52.8. The molecule has 1 heterocycles. The Morgan fingerprint density at radius 1 is 0.263 bits per heavy atom. The van der Waals surface area contributed by atoms with E-state index in [1.165, 1.54) is 77.9 Å². The molecule has 2 heteroatoms. The molecule has 0 amide bonds. The van der Waals surface area contributed by atoms with Gasteiger partial charge in [0.25, 0.3) is 0 Å². The fraction of sp³-hybridized carbons (Fsp3) is 0.0256. The summed E-state index contributed by atoms with van der Waals surface area (Å²) in [6.07, 6.45) is 0. The number of hydrogen-bond acceptors (Lipinski definition) is 2. The molecule has 0 saturated heterocycles. The summed E-state index contributed by atoms with van der Waals surface area (Å²) in [5, 5.41) is 4.35. The minimum Gasteiger partial charge on any atom is -0.455 e. The highest BCUT2D eigenvalue weighted by Gasteiger charge is 2.48. The lowest BCUT2D eigenvalue weighted by Gasteiger charge is -2.36. The van der Waals surface area contributed by atoms with Gasteiger partial charge in [0.1, 0.15) is 11.2 Å². The molecule has 374 valence electrons. The van der Waals surface area contributed by atoms with E-state index < -0.39 is 10.8 Å². The fourth-order valence-corrected chi connectivity index (χ4v) is 14.1. The highest BCUT2D eigenvalue weighted by molar-refractivity contribution is 6.22. The zero-order valence-corrected chi connectivity index (χ0v) is 43.8. The summed E-state index contributed by atoms with van der Waals surface area (Å²) in [5.41, 5.74) is 23.2. The first-order valence-corrected chi connectivity index (χ1v) is 27.7. The maximum atomic E-state index is 7.20. The second-order valence-corrected chi connectivity index (χ2v) is 21.4. The molecule has 0 saturated carbocycles. The van der Waals surface area contributed by atoms with E-state index in [1.54, 1.807) is 0 Å². The number of nitrogens with zero attached hydrogens (tertiary/aromatic N) is 1. The average molecular weight is 1020 g/mol. The van der Waals surface area contributed by atoms with E-state index in [-0.39, 0.29) is 0 Å². The van der Waals surface area contributed by atoms with E-state index in [0.717, 1.165) is 60.9 Å². The number of fused-ring (bicyclic) bond motifs is 11. The zero-order valence-electron chi connectivity index (χ0n) is 43.8. The normalized spacial score (nSPS) is 13.4. The Hall–Kier alpha value is -10.3. The predicted octanol–water partition coefficient (Wildman–Crippen LogP) is 20.3. The van der Waals surface area contributed by atoms with E-state index >= 15 is 0 Å². The smallest absolute Gasteiger partial charge is 0.143 e. The van der Waals surface area contributed by atoms with Gasteiger partial charge in [-0.2, -0.15) is 0 Å². The molecule has 14 aromatic rings. The predicted molar refractivity (Wildman–Crippen MR) is 331 cm³/mol. The summed E-state index contributed by atoms with van der Waals surface area (Å²) >= 11 is 0. The molecule has 2 nitrogen and oxygen atoms in total. The van der Waals surface area contributed by atoms with Crippen LogP contribution in [0.5, 0.6) is 0 Å². The van der Waals surface area contributed by atoms with E-state index in [4.69, 9.17) is 4.42 Å². The van der Waals surface area contributed by atoms with Crippen molar-refractivity contribution in [1.29, 1.82) is 0 Å². The van der Waals surface area contributed by atoms with Crippen molar-refractivity contribution in [1.82, 2.24) is 0 Å². The molecule has 0 atom stereocenters. The largest absolute Gasteiger partial charge is 0.455 e. The minimum atomic E-state index is -0.607. The fourth-order valence-electron chi connectivity index (χ4n) is 14.1. The van der Waals surface area contributed by atoms with E-state index in [0.29, 0.717) is 0 Å². The SMILES string of the molecule is c1ccc(-c2ccc(-c3cc4c(oc5cccc(N(c6ccc7c(c6)C(c6ccccc6)(c6ccccc6)c6ccccc6-7)c6ccc7c(c6)C(c6ccccc6)(c6ccccc6)c6ccccc6-7)c54)c4ccccc34)cc2)cc1. The van der Waals surface area contributed by atoms with Gasteiger partial charge in [-0.05, 0) is 137 Å². The third-order valence-electron chi connectivity index (χ3n) is 17.4. The van der Waals surface area contributed by atoms with Gasteiger partial charge in [0, 0.05) is 22.1 Å². The van der Waals surface area contributed by atoms with Crippen LogP contribution < -0.4 is 4.90 Å². The monoisotopic (exact) mass is 1020 g/mol. The van der Waals surface area contributed by atoms with Gasteiger partial charge in [-0.25, -0.2) is 0 Å². The second kappa shape index (κ2) is 18.2. The lowest BCUT2D eigenvalue weighted by Crippen LogP contribution is -2.29. The van der Waals surface area contributed by atoms with E-state index in [1.807, 2.05) is 0 Å². The first-order valence-electron chi connectivity index (χ1n) is 27.7. The molecule has 0 spiro atoms. The quantitative estimate of drug-likeness (QED) is 0.143. The van der Waals surface area contributed by atoms with E-state index in [2.05, 4.69) is 314 Å². The number of anilines is 3. The van der Waals surface area contributed by atoms with Crippen LogP contribution in [0.3, 0.4) is 0 Å². The molecule has 0 radical (unpaired) electrons. The lowest BCUT2D eigenvalue weighted by molar-refractivity contribution is 0.672. The molecule has 13 aromatic carbocycles. The molecule has 1 aromatic heterocycles. The summed E-state index contributed by atoms with van der Waals surface area (Å²) < 4.78 is 7.20. The third kappa shape index (κ3) is 6.66. The van der Waals surface area contributed by atoms with Gasteiger partial charge in [-0.1, -0.05) is 267 Å². The van der Waals surface area contributed by atoms with Crippen LogP contribution in [0.2, 0.25) is 0 Å². The van der Waals surface area contributed by atoms with Crippen molar-refractivity contribution < 1.29 is 4.42 Å². The Balaban J connectivity index is 0.997. The van der Waals surface area contributed by atoms with Crippen molar-refractivity contribution in [2.24, 2.45) is 0 Å². The van der Waals surface area contributed by atoms with Crippen LogP contribution in [0.15, 0.2) is 314 Å².